The van der Waals surface area contributed by atoms with E-state index in [1.807, 2.05) is 6.92 Å². The van der Waals surface area contributed by atoms with E-state index in [1.165, 1.54) is 4.90 Å². The average Bonchev–Trinajstić information content (AvgIpc) is 2.41. The molecule has 0 bridgehead atoms. The Balaban J connectivity index is 2.45. The molecule has 1 amide bonds. The Hall–Kier alpha value is -0.780. The smallest absolute Gasteiger partial charge is 0.326 e. The molecule has 0 saturated carbocycles. The lowest BCUT2D eigenvalue weighted by molar-refractivity contribution is -0.144. The number of alkyl halides is 3. The first-order valence-electron chi connectivity index (χ1n) is 4.53. The summed E-state index contributed by atoms with van der Waals surface area (Å²) in [6.07, 6.45) is -4.73. The van der Waals surface area contributed by atoms with Crippen LogP contribution >= 0.6 is 0 Å². The summed E-state index contributed by atoms with van der Waals surface area (Å²) in [5, 5.41) is 2.85. The van der Waals surface area contributed by atoms with Crippen LogP contribution in [0.4, 0.5) is 13.2 Å². The van der Waals surface area contributed by atoms with Gasteiger partial charge in [-0.15, -0.1) is 0 Å². The van der Waals surface area contributed by atoms with E-state index in [2.05, 4.69) is 5.32 Å². The second-order valence-corrected chi connectivity index (χ2v) is 3.26. The van der Waals surface area contributed by atoms with Crippen molar-refractivity contribution in [3.8, 4) is 0 Å². The van der Waals surface area contributed by atoms with E-state index in [1.54, 1.807) is 0 Å². The Morgan fingerprint density at radius 1 is 1.57 bits per heavy atom. The Bertz CT molecular complexity index is 217. The van der Waals surface area contributed by atoms with Crippen LogP contribution in [0.25, 0.3) is 0 Å². The monoisotopic (exact) mass is 210 g/mol. The van der Waals surface area contributed by atoms with Gasteiger partial charge in [0.2, 0.25) is 5.91 Å². The average molecular weight is 210 g/mol. The van der Waals surface area contributed by atoms with Gasteiger partial charge in [0.15, 0.2) is 0 Å². The molecule has 0 spiro atoms. The van der Waals surface area contributed by atoms with Gasteiger partial charge in [-0.2, -0.15) is 13.2 Å². The minimum absolute atomic E-state index is 0.149. The molecule has 1 atom stereocenters. The number of nitrogens with zero attached hydrogens (tertiary/aromatic N) is 1. The molecule has 3 nitrogen and oxygen atoms in total. The predicted octanol–water partition coefficient (Wildman–Crippen LogP) is 1.11. The highest BCUT2D eigenvalue weighted by Gasteiger charge is 2.33. The molecular formula is C8H13F3N2O. The zero-order valence-corrected chi connectivity index (χ0v) is 7.90. The molecule has 1 N–H and O–H groups in total. The molecule has 0 aromatic rings. The van der Waals surface area contributed by atoms with Crippen LogP contribution in [0.2, 0.25) is 0 Å². The molecule has 6 heteroatoms. The Morgan fingerprint density at radius 2 is 2.21 bits per heavy atom. The second-order valence-electron chi connectivity index (χ2n) is 3.26. The summed E-state index contributed by atoms with van der Waals surface area (Å²) in [4.78, 5) is 12.4. The fraction of sp³-hybridized carbons (Fsp3) is 0.875. The normalized spacial score (nSPS) is 23.3. The first kappa shape index (κ1) is 11.3. The summed E-state index contributed by atoms with van der Waals surface area (Å²) in [5.41, 5.74) is 0. The maximum Gasteiger partial charge on any atom is 0.390 e. The Labute approximate surface area is 80.3 Å². The minimum atomic E-state index is -4.19. The third kappa shape index (κ3) is 2.87. The highest BCUT2D eigenvalue weighted by Crippen LogP contribution is 2.21. The van der Waals surface area contributed by atoms with E-state index in [4.69, 9.17) is 0 Å². The van der Waals surface area contributed by atoms with Crippen molar-refractivity contribution in [3.05, 3.63) is 0 Å². The van der Waals surface area contributed by atoms with Crippen LogP contribution in [-0.4, -0.2) is 36.2 Å². The number of hydrogen-bond donors (Lipinski definition) is 1. The van der Waals surface area contributed by atoms with Gasteiger partial charge in [0.05, 0.1) is 19.1 Å². The zero-order valence-electron chi connectivity index (χ0n) is 7.90. The zero-order chi connectivity index (χ0) is 10.8. The number of halogens is 3. The quantitative estimate of drug-likeness (QED) is 0.756. The van der Waals surface area contributed by atoms with Crippen molar-refractivity contribution in [3.63, 3.8) is 0 Å². The highest BCUT2D eigenvalue weighted by molar-refractivity contribution is 5.80. The maximum atomic E-state index is 11.9. The lowest BCUT2D eigenvalue weighted by Gasteiger charge is -2.23. The highest BCUT2D eigenvalue weighted by atomic mass is 19.4. The molecule has 1 heterocycles. The third-order valence-electron chi connectivity index (χ3n) is 2.21. The summed E-state index contributed by atoms with van der Waals surface area (Å²) in [6, 6.07) is 0. The van der Waals surface area contributed by atoms with Crippen LogP contribution in [0.5, 0.6) is 0 Å². The van der Waals surface area contributed by atoms with Crippen LogP contribution in [0, 0.1) is 0 Å². The van der Waals surface area contributed by atoms with Crippen molar-refractivity contribution in [2.75, 3.05) is 13.1 Å². The van der Waals surface area contributed by atoms with Gasteiger partial charge in [-0.3, -0.25) is 10.1 Å². The lowest BCUT2D eigenvalue weighted by Crippen LogP contribution is -2.38. The molecule has 0 aromatic heterocycles. The van der Waals surface area contributed by atoms with E-state index in [0.29, 0.717) is 6.42 Å². The predicted molar refractivity (Wildman–Crippen MR) is 44.5 cm³/mol. The van der Waals surface area contributed by atoms with Crippen molar-refractivity contribution in [2.45, 2.75) is 32.1 Å². The SMILES string of the molecule is CCC1NCC(=O)N1CCC(F)(F)F. The standard InChI is InChI=1S/C8H13F3N2O/c1-2-6-12-5-7(14)13(6)4-3-8(9,10)11/h6,12H,2-5H2,1H3. The van der Waals surface area contributed by atoms with E-state index in [-0.39, 0.29) is 25.2 Å². The van der Waals surface area contributed by atoms with E-state index in [0.717, 1.165) is 0 Å². The number of rotatable bonds is 3. The first-order chi connectivity index (χ1) is 6.44. The molecule has 1 saturated heterocycles. The van der Waals surface area contributed by atoms with Gasteiger partial charge in [0.1, 0.15) is 0 Å². The van der Waals surface area contributed by atoms with Gasteiger partial charge in [-0.1, -0.05) is 6.92 Å². The summed E-state index contributed by atoms with van der Waals surface area (Å²) in [5.74, 6) is -0.249. The molecule has 1 aliphatic heterocycles. The molecule has 1 aliphatic rings. The molecule has 1 rings (SSSR count). The number of amides is 1. The fourth-order valence-corrected chi connectivity index (χ4v) is 1.48. The van der Waals surface area contributed by atoms with Gasteiger partial charge >= 0.3 is 6.18 Å². The van der Waals surface area contributed by atoms with Gasteiger partial charge < -0.3 is 4.90 Å². The molecule has 82 valence electrons. The summed E-state index contributed by atoms with van der Waals surface area (Å²) in [6.45, 7) is 1.74. The summed E-state index contributed by atoms with van der Waals surface area (Å²) >= 11 is 0. The van der Waals surface area contributed by atoms with E-state index in [9.17, 15) is 18.0 Å². The summed E-state index contributed by atoms with van der Waals surface area (Å²) in [7, 11) is 0. The summed E-state index contributed by atoms with van der Waals surface area (Å²) < 4.78 is 35.7. The number of carbonyl (C=O) groups excluding carboxylic acids is 1. The fourth-order valence-electron chi connectivity index (χ4n) is 1.48. The van der Waals surface area contributed by atoms with Gasteiger partial charge in [0.25, 0.3) is 0 Å². The second kappa shape index (κ2) is 4.16. The number of carbonyl (C=O) groups is 1. The Kier molecular flexibility index (Phi) is 3.36. The number of hydrogen-bond acceptors (Lipinski definition) is 2. The minimum Gasteiger partial charge on any atom is -0.326 e. The molecule has 0 aromatic carbocycles. The van der Waals surface area contributed by atoms with Gasteiger partial charge in [0, 0.05) is 6.54 Å². The van der Waals surface area contributed by atoms with Crippen molar-refractivity contribution in [1.29, 1.82) is 0 Å². The number of nitrogens with one attached hydrogen (secondary N) is 1. The molecule has 0 radical (unpaired) electrons. The largest absolute Gasteiger partial charge is 0.390 e. The maximum absolute atomic E-state index is 11.9. The van der Waals surface area contributed by atoms with Crippen molar-refractivity contribution >= 4 is 5.91 Å². The van der Waals surface area contributed by atoms with Crippen molar-refractivity contribution in [2.24, 2.45) is 0 Å². The van der Waals surface area contributed by atoms with Gasteiger partial charge in [-0.25, -0.2) is 0 Å². The molecule has 1 fully saturated rings. The van der Waals surface area contributed by atoms with Crippen LogP contribution in [0.1, 0.15) is 19.8 Å². The topological polar surface area (TPSA) is 32.3 Å². The molecule has 0 aliphatic carbocycles. The molecular weight excluding hydrogens is 197 g/mol. The lowest BCUT2D eigenvalue weighted by atomic mass is 10.3. The van der Waals surface area contributed by atoms with Crippen LogP contribution in [0.3, 0.4) is 0 Å². The van der Waals surface area contributed by atoms with Crippen LogP contribution < -0.4 is 5.32 Å². The molecule has 14 heavy (non-hydrogen) atoms. The van der Waals surface area contributed by atoms with Crippen LogP contribution in [-0.2, 0) is 4.79 Å². The molecule has 1 unspecified atom stereocenters. The first-order valence-corrected chi connectivity index (χ1v) is 4.53. The van der Waals surface area contributed by atoms with Crippen LogP contribution in [0.15, 0.2) is 0 Å². The van der Waals surface area contributed by atoms with E-state index >= 15 is 0 Å². The third-order valence-corrected chi connectivity index (χ3v) is 2.21. The van der Waals surface area contributed by atoms with Crippen molar-refractivity contribution in [1.82, 2.24) is 10.2 Å². The van der Waals surface area contributed by atoms with Gasteiger partial charge in [-0.05, 0) is 6.42 Å². The van der Waals surface area contributed by atoms with E-state index < -0.39 is 12.6 Å². The van der Waals surface area contributed by atoms with Crippen molar-refractivity contribution < 1.29 is 18.0 Å². The Morgan fingerprint density at radius 3 is 2.71 bits per heavy atom.